The third kappa shape index (κ3) is 3.95. The van der Waals surface area contributed by atoms with E-state index in [-0.39, 0.29) is 24.2 Å². The molecule has 3 rings (SSSR count). The summed E-state index contributed by atoms with van der Waals surface area (Å²) in [6.45, 7) is 4.32. The van der Waals surface area contributed by atoms with Crippen LogP contribution in [-0.2, 0) is 4.79 Å². The van der Waals surface area contributed by atoms with Crippen molar-refractivity contribution in [1.82, 2.24) is 10.6 Å². The molecular weight excluding hydrogens is 318 g/mol. The summed E-state index contributed by atoms with van der Waals surface area (Å²) in [5.41, 5.74) is 1.02. The van der Waals surface area contributed by atoms with Crippen molar-refractivity contribution in [1.29, 1.82) is 0 Å². The van der Waals surface area contributed by atoms with E-state index < -0.39 is 6.10 Å². The number of rotatable bonds is 3. The Kier molecular flexibility index (Phi) is 5.85. The molecular formula is C16H22ClN3O3. The van der Waals surface area contributed by atoms with Crippen LogP contribution in [0.1, 0.15) is 30.1 Å². The lowest BCUT2D eigenvalue weighted by Gasteiger charge is -2.26. The molecule has 126 valence electrons. The van der Waals surface area contributed by atoms with Gasteiger partial charge in [0.25, 0.3) is 11.8 Å². The van der Waals surface area contributed by atoms with Crippen LogP contribution in [0.4, 0.5) is 5.69 Å². The number of piperidine rings is 1. The standard InChI is InChI=1S/C16H21N3O3.ClH/c1-10-15(20)19-13-6-2-5-12(14(13)22-10)16(21)18-9-11-4-3-7-17-8-11;/h2,5-6,10-11,17H,3-4,7-9H2,1H3,(H,18,21)(H,19,20);1H. The summed E-state index contributed by atoms with van der Waals surface area (Å²) in [6, 6.07) is 5.20. The van der Waals surface area contributed by atoms with Crippen molar-refractivity contribution in [2.24, 2.45) is 5.92 Å². The van der Waals surface area contributed by atoms with Gasteiger partial charge in [-0.3, -0.25) is 9.59 Å². The van der Waals surface area contributed by atoms with Crippen LogP contribution in [0.5, 0.6) is 5.75 Å². The van der Waals surface area contributed by atoms with E-state index in [2.05, 4.69) is 16.0 Å². The number of hydrogen-bond donors (Lipinski definition) is 3. The average molecular weight is 340 g/mol. The van der Waals surface area contributed by atoms with E-state index in [4.69, 9.17) is 4.74 Å². The van der Waals surface area contributed by atoms with Crippen molar-refractivity contribution >= 4 is 29.9 Å². The second kappa shape index (κ2) is 7.66. The lowest BCUT2D eigenvalue weighted by atomic mass is 9.99. The van der Waals surface area contributed by atoms with Crippen molar-refractivity contribution in [3.05, 3.63) is 23.8 Å². The molecule has 3 N–H and O–H groups in total. The fraction of sp³-hybridized carbons (Fsp3) is 0.500. The molecule has 2 aliphatic heterocycles. The van der Waals surface area contributed by atoms with Crippen molar-refractivity contribution in [2.75, 3.05) is 25.0 Å². The van der Waals surface area contributed by atoms with E-state index in [1.165, 1.54) is 0 Å². The summed E-state index contributed by atoms with van der Waals surface area (Å²) in [7, 11) is 0. The van der Waals surface area contributed by atoms with Crippen molar-refractivity contribution < 1.29 is 14.3 Å². The number of ether oxygens (including phenoxy) is 1. The fourth-order valence-corrected chi connectivity index (χ4v) is 2.84. The maximum absolute atomic E-state index is 12.4. The molecule has 6 nitrogen and oxygen atoms in total. The molecule has 0 radical (unpaired) electrons. The maximum atomic E-state index is 12.4. The Bertz CT molecular complexity index is 588. The monoisotopic (exact) mass is 339 g/mol. The zero-order valence-corrected chi connectivity index (χ0v) is 13.9. The van der Waals surface area contributed by atoms with E-state index in [1.807, 2.05) is 0 Å². The number of anilines is 1. The number of carbonyl (C=O) groups excluding carboxylic acids is 2. The number of hydrogen-bond acceptors (Lipinski definition) is 4. The van der Waals surface area contributed by atoms with E-state index >= 15 is 0 Å². The normalized spacial score (nSPS) is 22.9. The van der Waals surface area contributed by atoms with E-state index in [0.29, 0.717) is 29.5 Å². The topological polar surface area (TPSA) is 79.5 Å². The van der Waals surface area contributed by atoms with Crippen LogP contribution in [0, 0.1) is 5.92 Å². The van der Waals surface area contributed by atoms with Crippen LogP contribution in [-0.4, -0.2) is 37.6 Å². The molecule has 0 saturated carbocycles. The summed E-state index contributed by atoms with van der Waals surface area (Å²) in [4.78, 5) is 24.0. The maximum Gasteiger partial charge on any atom is 0.265 e. The van der Waals surface area contributed by atoms with Crippen molar-refractivity contribution in [3.63, 3.8) is 0 Å². The van der Waals surface area contributed by atoms with Gasteiger partial charge in [-0.2, -0.15) is 0 Å². The molecule has 23 heavy (non-hydrogen) atoms. The summed E-state index contributed by atoms with van der Waals surface area (Å²) >= 11 is 0. The Morgan fingerprint density at radius 1 is 1.43 bits per heavy atom. The molecule has 0 bridgehead atoms. The Balaban J connectivity index is 0.00000192. The number of nitrogens with one attached hydrogen (secondary N) is 3. The number of fused-ring (bicyclic) bond motifs is 1. The summed E-state index contributed by atoms with van der Waals surface area (Å²) in [5, 5.41) is 9.07. The first-order valence-corrected chi connectivity index (χ1v) is 7.74. The van der Waals surface area contributed by atoms with Crippen LogP contribution < -0.4 is 20.7 Å². The summed E-state index contributed by atoms with van der Waals surface area (Å²) < 4.78 is 5.60. The molecule has 0 spiro atoms. The number of amides is 2. The highest BCUT2D eigenvalue weighted by Gasteiger charge is 2.27. The summed E-state index contributed by atoms with van der Waals surface area (Å²) in [5.74, 6) is 0.565. The van der Waals surface area contributed by atoms with Gasteiger partial charge in [0.05, 0.1) is 11.3 Å². The molecule has 1 aromatic carbocycles. The number of carbonyl (C=O) groups is 2. The molecule has 2 atom stereocenters. The van der Waals surface area contributed by atoms with Gasteiger partial charge in [-0.25, -0.2) is 0 Å². The zero-order valence-electron chi connectivity index (χ0n) is 13.1. The predicted octanol–water partition coefficient (Wildman–Crippen LogP) is 1.56. The quantitative estimate of drug-likeness (QED) is 0.780. The Morgan fingerprint density at radius 3 is 3.00 bits per heavy atom. The lowest BCUT2D eigenvalue weighted by Crippen LogP contribution is -2.39. The molecule has 1 saturated heterocycles. The number of benzene rings is 1. The number of para-hydroxylation sites is 1. The summed E-state index contributed by atoms with van der Waals surface area (Å²) in [6.07, 6.45) is 1.68. The van der Waals surface area contributed by atoms with Crippen molar-refractivity contribution in [3.8, 4) is 5.75 Å². The fourth-order valence-electron chi connectivity index (χ4n) is 2.84. The number of halogens is 1. The average Bonchev–Trinajstić information content (AvgIpc) is 2.54. The van der Waals surface area contributed by atoms with Gasteiger partial charge in [0, 0.05) is 6.54 Å². The van der Waals surface area contributed by atoms with Gasteiger partial charge in [0.2, 0.25) is 0 Å². The molecule has 1 aromatic rings. The molecule has 1 fully saturated rings. The minimum absolute atomic E-state index is 0. The van der Waals surface area contributed by atoms with Gasteiger partial charge >= 0.3 is 0 Å². The highest BCUT2D eigenvalue weighted by atomic mass is 35.5. The highest BCUT2D eigenvalue weighted by Crippen LogP contribution is 2.33. The van der Waals surface area contributed by atoms with Crippen LogP contribution in [0.15, 0.2) is 18.2 Å². The van der Waals surface area contributed by atoms with Gasteiger partial charge < -0.3 is 20.7 Å². The Morgan fingerprint density at radius 2 is 2.26 bits per heavy atom. The second-order valence-electron chi connectivity index (χ2n) is 5.85. The van der Waals surface area contributed by atoms with Crippen LogP contribution in [0.3, 0.4) is 0 Å². The zero-order chi connectivity index (χ0) is 15.5. The minimum Gasteiger partial charge on any atom is -0.478 e. The second-order valence-corrected chi connectivity index (χ2v) is 5.85. The third-order valence-electron chi connectivity index (χ3n) is 4.13. The SMILES string of the molecule is CC1Oc2c(cccc2C(=O)NCC2CCCNC2)NC1=O.Cl. The largest absolute Gasteiger partial charge is 0.478 e. The van der Waals surface area contributed by atoms with Crippen molar-refractivity contribution in [2.45, 2.75) is 25.9 Å². The lowest BCUT2D eigenvalue weighted by molar-refractivity contribution is -0.122. The Hall–Kier alpha value is -1.79. The first kappa shape index (κ1) is 17.6. The van der Waals surface area contributed by atoms with E-state index in [0.717, 1.165) is 25.9 Å². The van der Waals surface area contributed by atoms with Crippen LogP contribution in [0.25, 0.3) is 0 Å². The molecule has 0 aliphatic carbocycles. The first-order valence-electron chi connectivity index (χ1n) is 7.74. The highest BCUT2D eigenvalue weighted by molar-refractivity contribution is 6.03. The molecule has 0 aromatic heterocycles. The molecule has 7 heteroatoms. The van der Waals surface area contributed by atoms with Gasteiger partial charge in [-0.05, 0) is 50.9 Å². The third-order valence-corrected chi connectivity index (χ3v) is 4.13. The smallest absolute Gasteiger partial charge is 0.265 e. The molecule has 2 aliphatic rings. The molecule has 2 amide bonds. The van der Waals surface area contributed by atoms with E-state index in [1.54, 1.807) is 25.1 Å². The van der Waals surface area contributed by atoms with Gasteiger partial charge in [-0.1, -0.05) is 6.07 Å². The Labute approximate surface area is 141 Å². The van der Waals surface area contributed by atoms with Gasteiger partial charge in [-0.15, -0.1) is 12.4 Å². The van der Waals surface area contributed by atoms with Gasteiger partial charge in [0.15, 0.2) is 11.9 Å². The molecule has 2 heterocycles. The molecule has 2 unspecified atom stereocenters. The van der Waals surface area contributed by atoms with Crippen LogP contribution in [0.2, 0.25) is 0 Å². The van der Waals surface area contributed by atoms with Crippen LogP contribution >= 0.6 is 12.4 Å². The minimum atomic E-state index is -0.594. The van der Waals surface area contributed by atoms with E-state index in [9.17, 15) is 9.59 Å². The van der Waals surface area contributed by atoms with Gasteiger partial charge in [0.1, 0.15) is 0 Å². The predicted molar refractivity (Wildman–Crippen MR) is 90.3 cm³/mol. The first-order chi connectivity index (χ1) is 10.6.